The molecule has 0 saturated carbocycles. The van der Waals surface area contributed by atoms with Gasteiger partial charge >= 0.3 is 0 Å². The van der Waals surface area contributed by atoms with Crippen LogP contribution in [0.4, 0.5) is 5.69 Å². The first-order chi connectivity index (χ1) is 12.9. The quantitative estimate of drug-likeness (QED) is 0.816. The summed E-state index contributed by atoms with van der Waals surface area (Å²) in [6, 6.07) is 10.2. The minimum Gasteiger partial charge on any atom is -0.497 e. The minimum absolute atomic E-state index is 0.00678. The lowest BCUT2D eigenvalue weighted by atomic mass is 10.1. The van der Waals surface area contributed by atoms with E-state index < -0.39 is 10.0 Å². The van der Waals surface area contributed by atoms with Gasteiger partial charge in [0, 0.05) is 31.8 Å². The average molecular weight is 390 g/mol. The van der Waals surface area contributed by atoms with Crippen molar-refractivity contribution in [2.24, 2.45) is 0 Å². The Morgan fingerprint density at radius 2 is 1.93 bits per heavy atom. The van der Waals surface area contributed by atoms with E-state index in [2.05, 4.69) is 4.72 Å². The van der Waals surface area contributed by atoms with Crippen molar-refractivity contribution in [2.75, 3.05) is 25.7 Å². The van der Waals surface area contributed by atoms with E-state index in [9.17, 15) is 13.2 Å². The van der Waals surface area contributed by atoms with Gasteiger partial charge in [0.2, 0.25) is 15.9 Å². The van der Waals surface area contributed by atoms with Crippen molar-refractivity contribution >= 4 is 21.6 Å². The van der Waals surface area contributed by atoms with E-state index in [4.69, 9.17) is 9.47 Å². The highest BCUT2D eigenvalue weighted by atomic mass is 32.2. The predicted octanol–water partition coefficient (Wildman–Crippen LogP) is 2.09. The van der Waals surface area contributed by atoms with Crippen LogP contribution < -0.4 is 19.1 Å². The largest absolute Gasteiger partial charge is 0.497 e. The van der Waals surface area contributed by atoms with Gasteiger partial charge in [-0.05, 0) is 35.7 Å². The van der Waals surface area contributed by atoms with Crippen molar-refractivity contribution in [3.05, 3.63) is 47.5 Å². The number of hydrogen-bond acceptors (Lipinski definition) is 5. The molecule has 1 heterocycles. The zero-order valence-electron chi connectivity index (χ0n) is 15.5. The summed E-state index contributed by atoms with van der Waals surface area (Å²) in [6.07, 6.45) is 0.763. The maximum Gasteiger partial charge on any atom is 0.244 e. The molecule has 0 fully saturated rings. The lowest BCUT2D eigenvalue weighted by Gasteiger charge is -2.15. The molecule has 0 spiro atoms. The molecule has 1 aliphatic heterocycles. The third-order valence-corrected chi connectivity index (χ3v) is 5.97. The van der Waals surface area contributed by atoms with Crippen LogP contribution in [0.25, 0.3) is 0 Å². The highest BCUT2D eigenvalue weighted by Gasteiger charge is 2.23. The molecule has 27 heavy (non-hydrogen) atoms. The van der Waals surface area contributed by atoms with Crippen molar-refractivity contribution in [1.82, 2.24) is 4.72 Å². The van der Waals surface area contributed by atoms with Crippen LogP contribution in [-0.2, 0) is 27.8 Å². The number of sulfonamides is 1. The highest BCUT2D eigenvalue weighted by Crippen LogP contribution is 2.30. The molecule has 2 aromatic carbocycles. The molecule has 0 radical (unpaired) electrons. The van der Waals surface area contributed by atoms with Crippen LogP contribution in [-0.4, -0.2) is 35.1 Å². The lowest BCUT2D eigenvalue weighted by Crippen LogP contribution is -2.25. The molecule has 144 valence electrons. The molecule has 0 aliphatic carbocycles. The molecule has 8 heteroatoms. The monoisotopic (exact) mass is 390 g/mol. The Bertz CT molecular complexity index is 972. The molecule has 1 amide bonds. The van der Waals surface area contributed by atoms with Crippen LogP contribution in [0.1, 0.15) is 18.1 Å². The van der Waals surface area contributed by atoms with Gasteiger partial charge in [0.05, 0.1) is 14.2 Å². The number of hydrogen-bond donors (Lipinski definition) is 1. The van der Waals surface area contributed by atoms with Gasteiger partial charge in [-0.25, -0.2) is 13.1 Å². The second-order valence-corrected chi connectivity index (χ2v) is 7.96. The van der Waals surface area contributed by atoms with Crippen molar-refractivity contribution < 1.29 is 22.7 Å². The van der Waals surface area contributed by atoms with Crippen LogP contribution in [0, 0.1) is 0 Å². The number of fused-ring (bicyclic) bond motifs is 1. The number of methoxy groups -OCH3 is 2. The Kier molecular flexibility index (Phi) is 5.38. The molecule has 1 aliphatic rings. The van der Waals surface area contributed by atoms with Crippen LogP contribution in [0.2, 0.25) is 0 Å². The van der Waals surface area contributed by atoms with E-state index in [0.717, 1.165) is 23.2 Å². The average Bonchev–Trinajstić information content (AvgIpc) is 3.09. The summed E-state index contributed by atoms with van der Waals surface area (Å²) in [5.74, 6) is 0.680. The molecular weight excluding hydrogens is 368 g/mol. The number of nitrogens with zero attached hydrogens (tertiary/aromatic N) is 1. The van der Waals surface area contributed by atoms with Gasteiger partial charge in [-0.2, -0.15) is 0 Å². The summed E-state index contributed by atoms with van der Waals surface area (Å²) in [5.41, 5.74) is 2.76. The Hall–Kier alpha value is -2.58. The fourth-order valence-electron chi connectivity index (χ4n) is 3.14. The molecule has 0 atom stereocenters. The molecule has 0 bridgehead atoms. The molecule has 7 nitrogen and oxygen atoms in total. The number of nitrogens with one attached hydrogen (secondary N) is 1. The van der Waals surface area contributed by atoms with Crippen LogP contribution in [0.5, 0.6) is 11.5 Å². The number of benzene rings is 2. The van der Waals surface area contributed by atoms with Crippen LogP contribution in [0.15, 0.2) is 41.3 Å². The fraction of sp³-hybridized carbons (Fsp3) is 0.316. The Balaban J connectivity index is 1.80. The molecule has 0 aromatic heterocycles. The highest BCUT2D eigenvalue weighted by molar-refractivity contribution is 7.89. The second kappa shape index (κ2) is 7.58. The zero-order valence-corrected chi connectivity index (χ0v) is 16.3. The molecule has 0 unspecified atom stereocenters. The maximum atomic E-state index is 12.7. The summed E-state index contributed by atoms with van der Waals surface area (Å²) in [4.78, 5) is 13.4. The van der Waals surface area contributed by atoms with Gasteiger partial charge in [-0.15, -0.1) is 0 Å². The van der Waals surface area contributed by atoms with E-state index >= 15 is 0 Å². The van der Waals surface area contributed by atoms with Crippen LogP contribution >= 0.6 is 0 Å². The molecule has 3 rings (SSSR count). The number of ether oxygens (including phenoxy) is 2. The predicted molar refractivity (Wildman–Crippen MR) is 102 cm³/mol. The first kappa shape index (κ1) is 19.2. The Labute approximate surface area is 158 Å². The van der Waals surface area contributed by atoms with Crippen molar-refractivity contribution in [1.29, 1.82) is 0 Å². The topological polar surface area (TPSA) is 84.9 Å². The minimum atomic E-state index is -3.79. The smallest absolute Gasteiger partial charge is 0.244 e. The summed E-state index contributed by atoms with van der Waals surface area (Å²) in [7, 11) is -0.900. The zero-order chi connectivity index (χ0) is 19.6. The van der Waals surface area contributed by atoms with Gasteiger partial charge in [0.1, 0.15) is 16.4 Å². The normalized spacial score (nSPS) is 13.4. The second-order valence-electron chi connectivity index (χ2n) is 6.23. The fourth-order valence-corrected chi connectivity index (χ4v) is 4.34. The van der Waals surface area contributed by atoms with Gasteiger partial charge < -0.3 is 14.4 Å². The Morgan fingerprint density at radius 3 is 2.59 bits per heavy atom. The summed E-state index contributed by atoms with van der Waals surface area (Å²) in [6.45, 7) is 2.33. The van der Waals surface area contributed by atoms with Gasteiger partial charge in [-0.1, -0.05) is 12.1 Å². The van der Waals surface area contributed by atoms with E-state index in [-0.39, 0.29) is 23.1 Å². The first-order valence-electron chi connectivity index (χ1n) is 8.47. The van der Waals surface area contributed by atoms with Gasteiger partial charge in [0.15, 0.2) is 0 Å². The van der Waals surface area contributed by atoms with Gasteiger partial charge in [0.25, 0.3) is 0 Å². The van der Waals surface area contributed by atoms with Crippen molar-refractivity contribution in [3.63, 3.8) is 0 Å². The number of rotatable bonds is 6. The number of amides is 1. The van der Waals surface area contributed by atoms with Crippen molar-refractivity contribution in [3.8, 4) is 11.5 Å². The molecular formula is C19H22N2O5S. The third-order valence-electron chi connectivity index (χ3n) is 4.55. The summed E-state index contributed by atoms with van der Waals surface area (Å²) >= 11 is 0. The van der Waals surface area contributed by atoms with E-state index in [0.29, 0.717) is 12.3 Å². The molecule has 2 aromatic rings. The van der Waals surface area contributed by atoms with E-state index in [1.807, 2.05) is 18.2 Å². The maximum absolute atomic E-state index is 12.7. The molecule has 0 saturated heterocycles. The standard InChI is InChI=1S/C19H22N2O5S/c1-13(22)21-9-8-15-10-14(4-6-17(15)21)12-20-27(23,24)19-11-16(25-2)5-7-18(19)26-3/h4-7,10-11,20H,8-9,12H2,1-3H3. The van der Waals surface area contributed by atoms with Gasteiger partial charge in [-0.3, -0.25) is 4.79 Å². The number of carbonyl (C=O) groups is 1. The number of carbonyl (C=O) groups excluding carboxylic acids is 1. The SMILES string of the molecule is COc1ccc(OC)c(S(=O)(=O)NCc2ccc3c(c2)CCN3C(C)=O)c1. The van der Waals surface area contributed by atoms with E-state index in [1.165, 1.54) is 20.3 Å². The molecule has 1 N–H and O–H groups in total. The number of anilines is 1. The Morgan fingerprint density at radius 1 is 1.15 bits per heavy atom. The summed E-state index contributed by atoms with van der Waals surface area (Å²) < 4.78 is 38.3. The third kappa shape index (κ3) is 3.91. The summed E-state index contributed by atoms with van der Waals surface area (Å²) in [5, 5.41) is 0. The lowest BCUT2D eigenvalue weighted by molar-refractivity contribution is -0.116. The van der Waals surface area contributed by atoms with Crippen molar-refractivity contribution in [2.45, 2.75) is 24.8 Å². The first-order valence-corrected chi connectivity index (χ1v) is 9.95. The van der Waals surface area contributed by atoms with E-state index in [1.54, 1.807) is 24.0 Å². The van der Waals surface area contributed by atoms with Crippen LogP contribution in [0.3, 0.4) is 0 Å².